The van der Waals surface area contributed by atoms with Crippen molar-refractivity contribution in [2.75, 3.05) is 19.6 Å². The van der Waals surface area contributed by atoms with E-state index in [1.165, 1.54) is 55.6 Å². The molecule has 0 aromatic heterocycles. The third-order valence-corrected chi connectivity index (χ3v) is 5.44. The zero-order valence-electron chi connectivity index (χ0n) is 13.7. The lowest BCUT2D eigenvalue weighted by Gasteiger charge is -2.34. The Bertz CT molecular complexity index is 665. The molecule has 4 rings (SSSR count). The largest absolute Gasteiger partial charge is 0.303 e. The van der Waals surface area contributed by atoms with Gasteiger partial charge < -0.3 is 4.90 Å². The Morgan fingerprint density at radius 1 is 0.870 bits per heavy atom. The summed E-state index contributed by atoms with van der Waals surface area (Å²) in [5, 5.41) is 0. The molecule has 1 fully saturated rings. The maximum Gasteiger partial charge on any atom is 0.00477 e. The van der Waals surface area contributed by atoms with E-state index in [0.717, 1.165) is 5.92 Å². The monoisotopic (exact) mass is 303 g/mol. The standard InChI is InChI=1S/C22H25N/c1-2-6-19(7-3-1)21-12-14-23(15-13-21)17-18-10-11-20-8-4-5-9-22(20)16-18/h1-11,18,21H,12-17H2. The first-order valence-electron chi connectivity index (χ1n) is 8.92. The van der Waals surface area contributed by atoms with Crippen LogP contribution in [-0.4, -0.2) is 24.5 Å². The molecule has 0 spiro atoms. The molecule has 1 heteroatoms. The zero-order valence-corrected chi connectivity index (χ0v) is 13.7. The fraction of sp³-hybridized carbons (Fsp3) is 0.364. The number of nitrogens with zero attached hydrogens (tertiary/aromatic N) is 1. The van der Waals surface area contributed by atoms with Crippen LogP contribution in [0.5, 0.6) is 0 Å². The molecular formula is C22H25N. The number of hydrogen-bond donors (Lipinski definition) is 0. The van der Waals surface area contributed by atoms with Crippen molar-refractivity contribution in [1.82, 2.24) is 4.90 Å². The Labute approximate surface area is 139 Å². The Kier molecular flexibility index (Phi) is 4.30. The Hall–Kier alpha value is -1.86. The first-order valence-corrected chi connectivity index (χ1v) is 8.92. The highest BCUT2D eigenvalue weighted by atomic mass is 15.1. The molecule has 0 N–H and O–H groups in total. The van der Waals surface area contributed by atoms with Crippen molar-refractivity contribution in [2.45, 2.75) is 25.2 Å². The van der Waals surface area contributed by atoms with E-state index >= 15 is 0 Å². The summed E-state index contributed by atoms with van der Waals surface area (Å²) in [6.45, 7) is 3.70. The van der Waals surface area contributed by atoms with E-state index in [-0.39, 0.29) is 0 Å². The van der Waals surface area contributed by atoms with Gasteiger partial charge in [0.2, 0.25) is 0 Å². The summed E-state index contributed by atoms with van der Waals surface area (Å²) in [5.74, 6) is 1.44. The number of benzene rings is 2. The van der Waals surface area contributed by atoms with Crippen molar-refractivity contribution < 1.29 is 0 Å². The normalized spacial score (nSPS) is 22.0. The van der Waals surface area contributed by atoms with Crippen molar-refractivity contribution in [1.29, 1.82) is 0 Å². The Balaban J connectivity index is 1.32. The average molecular weight is 303 g/mol. The second-order valence-corrected chi connectivity index (χ2v) is 7.01. The summed E-state index contributed by atoms with van der Waals surface area (Å²) in [6, 6.07) is 19.9. The summed E-state index contributed by atoms with van der Waals surface area (Å²) in [7, 11) is 0. The van der Waals surface area contributed by atoms with Crippen LogP contribution in [0.1, 0.15) is 35.4 Å². The third kappa shape index (κ3) is 3.40. The van der Waals surface area contributed by atoms with Crippen LogP contribution < -0.4 is 0 Å². The summed E-state index contributed by atoms with van der Waals surface area (Å²) in [4.78, 5) is 2.67. The second kappa shape index (κ2) is 6.72. The van der Waals surface area contributed by atoms with Gasteiger partial charge in [0.25, 0.3) is 0 Å². The van der Waals surface area contributed by atoms with Crippen molar-refractivity contribution in [3.05, 3.63) is 77.4 Å². The van der Waals surface area contributed by atoms with E-state index in [4.69, 9.17) is 0 Å². The third-order valence-electron chi connectivity index (χ3n) is 5.44. The minimum Gasteiger partial charge on any atom is -0.303 e. The van der Waals surface area contributed by atoms with E-state index in [2.05, 4.69) is 71.6 Å². The molecule has 1 heterocycles. The van der Waals surface area contributed by atoms with Crippen molar-refractivity contribution in [3.8, 4) is 0 Å². The lowest BCUT2D eigenvalue weighted by atomic mass is 9.87. The number of piperidine rings is 1. The maximum absolute atomic E-state index is 2.67. The van der Waals surface area contributed by atoms with Gasteiger partial charge in [0.1, 0.15) is 0 Å². The van der Waals surface area contributed by atoms with Gasteiger partial charge in [0.05, 0.1) is 0 Å². The molecule has 0 saturated carbocycles. The number of rotatable bonds is 3. The van der Waals surface area contributed by atoms with Gasteiger partial charge in [-0.25, -0.2) is 0 Å². The van der Waals surface area contributed by atoms with Crippen LogP contribution in [-0.2, 0) is 6.42 Å². The molecule has 1 aliphatic carbocycles. The van der Waals surface area contributed by atoms with Crippen LogP contribution in [0.3, 0.4) is 0 Å². The smallest absolute Gasteiger partial charge is 0.00477 e. The van der Waals surface area contributed by atoms with E-state index < -0.39 is 0 Å². The quantitative estimate of drug-likeness (QED) is 0.791. The molecule has 2 aromatic carbocycles. The second-order valence-electron chi connectivity index (χ2n) is 7.01. The molecule has 118 valence electrons. The first-order chi connectivity index (χ1) is 11.4. The van der Waals surface area contributed by atoms with Crippen LogP contribution >= 0.6 is 0 Å². The molecule has 1 aliphatic heterocycles. The van der Waals surface area contributed by atoms with Crippen LogP contribution in [0.2, 0.25) is 0 Å². The molecule has 1 atom stereocenters. The van der Waals surface area contributed by atoms with Crippen molar-refractivity contribution in [3.63, 3.8) is 0 Å². The highest BCUT2D eigenvalue weighted by Crippen LogP contribution is 2.29. The highest BCUT2D eigenvalue weighted by Gasteiger charge is 2.23. The Morgan fingerprint density at radius 2 is 1.61 bits per heavy atom. The highest BCUT2D eigenvalue weighted by molar-refractivity contribution is 5.56. The predicted molar refractivity (Wildman–Crippen MR) is 97.5 cm³/mol. The fourth-order valence-corrected chi connectivity index (χ4v) is 4.10. The van der Waals surface area contributed by atoms with Crippen LogP contribution in [0, 0.1) is 5.92 Å². The molecular weight excluding hydrogens is 278 g/mol. The van der Waals surface area contributed by atoms with Crippen molar-refractivity contribution in [2.24, 2.45) is 5.92 Å². The molecule has 2 aliphatic rings. The van der Waals surface area contributed by atoms with Crippen molar-refractivity contribution >= 4 is 6.08 Å². The molecule has 23 heavy (non-hydrogen) atoms. The maximum atomic E-state index is 2.67. The van der Waals surface area contributed by atoms with E-state index in [0.29, 0.717) is 5.92 Å². The minimum atomic E-state index is 0.679. The van der Waals surface area contributed by atoms with Gasteiger partial charge >= 0.3 is 0 Å². The molecule has 0 amide bonds. The molecule has 0 bridgehead atoms. The lowest BCUT2D eigenvalue weighted by Crippen LogP contribution is -2.37. The average Bonchev–Trinajstić information content (AvgIpc) is 2.63. The number of fused-ring (bicyclic) bond motifs is 1. The van der Waals surface area contributed by atoms with Gasteiger partial charge in [-0.3, -0.25) is 0 Å². The Morgan fingerprint density at radius 3 is 2.43 bits per heavy atom. The van der Waals surface area contributed by atoms with Crippen LogP contribution in [0.25, 0.3) is 6.08 Å². The van der Waals surface area contributed by atoms with Gasteiger partial charge in [-0.1, -0.05) is 66.7 Å². The first kappa shape index (κ1) is 14.7. The van der Waals surface area contributed by atoms with Gasteiger partial charge in [0.15, 0.2) is 0 Å². The molecule has 0 radical (unpaired) electrons. The minimum absolute atomic E-state index is 0.679. The number of likely N-dealkylation sites (tertiary alicyclic amines) is 1. The summed E-state index contributed by atoms with van der Waals surface area (Å²) >= 11 is 0. The molecule has 1 saturated heterocycles. The van der Waals surface area contributed by atoms with Crippen LogP contribution in [0.15, 0.2) is 60.7 Å². The predicted octanol–water partition coefficient (Wildman–Crippen LogP) is 4.75. The molecule has 1 unspecified atom stereocenters. The lowest BCUT2D eigenvalue weighted by molar-refractivity contribution is 0.194. The van der Waals surface area contributed by atoms with E-state index in [9.17, 15) is 0 Å². The summed E-state index contributed by atoms with van der Waals surface area (Å²) < 4.78 is 0. The topological polar surface area (TPSA) is 3.24 Å². The number of hydrogen-bond acceptors (Lipinski definition) is 1. The van der Waals surface area contributed by atoms with Gasteiger partial charge in [-0.15, -0.1) is 0 Å². The SMILES string of the molecule is C1=CC(CN2CCC(c3ccccc3)CC2)Cc2ccccc21. The fourth-order valence-electron chi connectivity index (χ4n) is 4.10. The molecule has 2 aromatic rings. The zero-order chi connectivity index (χ0) is 15.5. The summed E-state index contributed by atoms with van der Waals surface area (Å²) in [6.07, 6.45) is 8.55. The summed E-state index contributed by atoms with van der Waals surface area (Å²) in [5.41, 5.74) is 4.45. The van der Waals surface area contributed by atoms with Gasteiger partial charge in [0, 0.05) is 6.54 Å². The van der Waals surface area contributed by atoms with E-state index in [1.54, 1.807) is 0 Å². The van der Waals surface area contributed by atoms with Gasteiger partial charge in [-0.2, -0.15) is 0 Å². The molecule has 1 nitrogen and oxygen atoms in total. The van der Waals surface area contributed by atoms with Gasteiger partial charge in [-0.05, 0) is 60.9 Å². The van der Waals surface area contributed by atoms with Crippen LogP contribution in [0.4, 0.5) is 0 Å². The van der Waals surface area contributed by atoms with E-state index in [1.807, 2.05) is 0 Å².